The monoisotopic (exact) mass is 270 g/mol. The minimum Gasteiger partial charge on any atom is -0.338 e. The van der Waals surface area contributed by atoms with Crippen molar-refractivity contribution in [2.24, 2.45) is 11.7 Å². The van der Waals surface area contributed by atoms with E-state index in [1.54, 1.807) is 11.0 Å². The van der Waals surface area contributed by atoms with E-state index in [2.05, 4.69) is 0 Å². The molecule has 18 heavy (non-hydrogen) atoms. The van der Waals surface area contributed by atoms with E-state index in [9.17, 15) is 9.18 Å². The zero-order chi connectivity index (χ0) is 13.3. The summed E-state index contributed by atoms with van der Waals surface area (Å²) in [5.41, 5.74) is 5.93. The zero-order valence-electron chi connectivity index (χ0n) is 10.2. The molecule has 0 aromatic heterocycles. The van der Waals surface area contributed by atoms with Crippen LogP contribution in [0.4, 0.5) is 4.39 Å². The van der Waals surface area contributed by atoms with E-state index >= 15 is 0 Å². The Morgan fingerprint density at radius 3 is 2.94 bits per heavy atom. The van der Waals surface area contributed by atoms with Gasteiger partial charge in [-0.15, -0.1) is 0 Å². The summed E-state index contributed by atoms with van der Waals surface area (Å²) in [6, 6.07) is 4.58. The first kappa shape index (κ1) is 13.3. The van der Waals surface area contributed by atoms with E-state index < -0.39 is 5.82 Å². The molecule has 5 heteroatoms. The Balaban J connectivity index is 2.19. The van der Waals surface area contributed by atoms with Crippen molar-refractivity contribution in [3.05, 3.63) is 34.6 Å². The summed E-state index contributed by atoms with van der Waals surface area (Å²) in [5, 5.41) is -0.0254. The minimum atomic E-state index is -0.647. The van der Waals surface area contributed by atoms with Crippen LogP contribution < -0.4 is 5.73 Å². The Kier molecular flexibility index (Phi) is 3.88. The van der Waals surface area contributed by atoms with Crippen molar-refractivity contribution < 1.29 is 9.18 Å². The SMILES string of the molecule is CC1CN(C(=O)c2cccc(Cl)c2F)CCC1N. The second-order valence-electron chi connectivity index (χ2n) is 4.78. The van der Waals surface area contributed by atoms with Crippen LogP contribution >= 0.6 is 11.6 Å². The van der Waals surface area contributed by atoms with Crippen LogP contribution in [-0.4, -0.2) is 29.9 Å². The van der Waals surface area contributed by atoms with Gasteiger partial charge >= 0.3 is 0 Å². The van der Waals surface area contributed by atoms with Gasteiger partial charge in [-0.25, -0.2) is 4.39 Å². The number of piperidine rings is 1. The number of benzene rings is 1. The average molecular weight is 271 g/mol. The summed E-state index contributed by atoms with van der Waals surface area (Å²) in [5.74, 6) is -0.731. The normalized spacial score (nSPS) is 24.1. The van der Waals surface area contributed by atoms with E-state index in [1.165, 1.54) is 12.1 Å². The standard InChI is InChI=1S/C13H16ClFN2O/c1-8-7-17(6-5-11(8)16)13(18)9-3-2-4-10(14)12(9)15/h2-4,8,11H,5-7,16H2,1H3. The highest BCUT2D eigenvalue weighted by molar-refractivity contribution is 6.31. The highest BCUT2D eigenvalue weighted by Gasteiger charge is 2.28. The van der Waals surface area contributed by atoms with Gasteiger partial charge < -0.3 is 10.6 Å². The molecule has 1 aromatic rings. The van der Waals surface area contributed by atoms with Crippen LogP contribution in [0.3, 0.4) is 0 Å². The third kappa shape index (κ3) is 2.49. The molecule has 2 N–H and O–H groups in total. The first-order valence-electron chi connectivity index (χ1n) is 5.99. The van der Waals surface area contributed by atoms with E-state index in [0.717, 1.165) is 6.42 Å². The molecule has 1 heterocycles. The maximum Gasteiger partial charge on any atom is 0.256 e. The van der Waals surface area contributed by atoms with Crippen LogP contribution in [0, 0.1) is 11.7 Å². The lowest BCUT2D eigenvalue weighted by Crippen LogP contribution is -2.48. The van der Waals surface area contributed by atoms with Crippen LogP contribution in [0.25, 0.3) is 0 Å². The number of likely N-dealkylation sites (tertiary alicyclic amines) is 1. The molecular weight excluding hydrogens is 255 g/mol. The molecule has 1 saturated heterocycles. The lowest BCUT2D eigenvalue weighted by atomic mass is 9.94. The summed E-state index contributed by atoms with van der Waals surface area (Å²) < 4.78 is 13.8. The Labute approximate surface area is 111 Å². The Morgan fingerprint density at radius 2 is 2.28 bits per heavy atom. The largest absolute Gasteiger partial charge is 0.338 e. The fraction of sp³-hybridized carbons (Fsp3) is 0.462. The topological polar surface area (TPSA) is 46.3 Å². The van der Waals surface area contributed by atoms with Gasteiger partial charge in [0.05, 0.1) is 10.6 Å². The first-order valence-corrected chi connectivity index (χ1v) is 6.37. The van der Waals surface area contributed by atoms with Gasteiger partial charge in [-0.1, -0.05) is 24.6 Å². The number of halogens is 2. The van der Waals surface area contributed by atoms with Crippen LogP contribution in [0.1, 0.15) is 23.7 Å². The Bertz CT molecular complexity index is 466. The highest BCUT2D eigenvalue weighted by atomic mass is 35.5. The molecule has 1 aliphatic rings. The lowest BCUT2D eigenvalue weighted by molar-refractivity contribution is 0.0659. The van der Waals surface area contributed by atoms with Gasteiger partial charge in [-0.2, -0.15) is 0 Å². The molecule has 98 valence electrons. The molecule has 1 aromatic carbocycles. The second-order valence-corrected chi connectivity index (χ2v) is 5.19. The average Bonchev–Trinajstić information content (AvgIpc) is 2.35. The van der Waals surface area contributed by atoms with Gasteiger partial charge in [0.15, 0.2) is 5.82 Å². The summed E-state index contributed by atoms with van der Waals surface area (Å²) in [7, 11) is 0. The molecule has 1 aliphatic heterocycles. The fourth-order valence-corrected chi connectivity index (χ4v) is 2.36. The number of nitrogens with zero attached hydrogens (tertiary/aromatic N) is 1. The van der Waals surface area contributed by atoms with Gasteiger partial charge in [-0.05, 0) is 24.5 Å². The van der Waals surface area contributed by atoms with Crippen molar-refractivity contribution >= 4 is 17.5 Å². The number of hydrogen-bond donors (Lipinski definition) is 1. The van der Waals surface area contributed by atoms with Gasteiger partial charge in [0.25, 0.3) is 5.91 Å². The van der Waals surface area contributed by atoms with Gasteiger partial charge in [0.2, 0.25) is 0 Å². The molecule has 2 rings (SSSR count). The van der Waals surface area contributed by atoms with Gasteiger partial charge in [-0.3, -0.25) is 4.79 Å². The molecule has 0 spiro atoms. The van der Waals surface area contributed by atoms with E-state index in [1.807, 2.05) is 6.92 Å². The number of carbonyl (C=O) groups excluding carboxylic acids is 1. The van der Waals surface area contributed by atoms with Crippen LogP contribution in [0.15, 0.2) is 18.2 Å². The molecule has 0 aliphatic carbocycles. The summed E-state index contributed by atoms with van der Waals surface area (Å²) >= 11 is 5.68. The van der Waals surface area contributed by atoms with Crippen LogP contribution in [0.2, 0.25) is 5.02 Å². The third-order valence-electron chi connectivity index (χ3n) is 3.44. The maximum atomic E-state index is 13.8. The summed E-state index contributed by atoms with van der Waals surface area (Å²) in [4.78, 5) is 13.9. The smallest absolute Gasteiger partial charge is 0.256 e. The van der Waals surface area contributed by atoms with Crippen molar-refractivity contribution in [3.63, 3.8) is 0 Å². The molecule has 3 nitrogen and oxygen atoms in total. The zero-order valence-corrected chi connectivity index (χ0v) is 11.0. The quantitative estimate of drug-likeness (QED) is 0.851. The third-order valence-corrected chi connectivity index (χ3v) is 3.73. The molecule has 2 unspecified atom stereocenters. The molecule has 0 radical (unpaired) electrons. The minimum absolute atomic E-state index is 0.0254. The van der Waals surface area contributed by atoms with Crippen molar-refractivity contribution in [3.8, 4) is 0 Å². The number of amides is 1. The second kappa shape index (κ2) is 5.24. The first-order chi connectivity index (χ1) is 8.50. The predicted molar refractivity (Wildman–Crippen MR) is 69.1 cm³/mol. The highest BCUT2D eigenvalue weighted by Crippen LogP contribution is 2.22. The summed E-state index contributed by atoms with van der Waals surface area (Å²) in [6.07, 6.45) is 0.745. The van der Waals surface area contributed by atoms with Crippen LogP contribution in [0.5, 0.6) is 0 Å². The van der Waals surface area contributed by atoms with Crippen molar-refractivity contribution in [2.75, 3.05) is 13.1 Å². The molecular formula is C13H16ClFN2O. The molecule has 0 bridgehead atoms. The van der Waals surface area contributed by atoms with Crippen molar-refractivity contribution in [1.82, 2.24) is 4.90 Å². The molecule has 1 amide bonds. The van der Waals surface area contributed by atoms with E-state index in [-0.39, 0.29) is 28.5 Å². The summed E-state index contributed by atoms with van der Waals surface area (Å²) in [6.45, 7) is 3.13. The molecule has 1 fully saturated rings. The Hall–Kier alpha value is -1.13. The predicted octanol–water partition coefficient (Wildman–Crippen LogP) is 2.29. The molecule has 0 saturated carbocycles. The van der Waals surface area contributed by atoms with Gasteiger partial charge in [0, 0.05) is 19.1 Å². The van der Waals surface area contributed by atoms with Gasteiger partial charge in [0.1, 0.15) is 0 Å². The maximum absolute atomic E-state index is 13.8. The number of carbonyl (C=O) groups is 1. The van der Waals surface area contributed by atoms with Crippen molar-refractivity contribution in [1.29, 1.82) is 0 Å². The fourth-order valence-electron chi connectivity index (χ4n) is 2.19. The van der Waals surface area contributed by atoms with Crippen molar-refractivity contribution in [2.45, 2.75) is 19.4 Å². The number of rotatable bonds is 1. The van der Waals surface area contributed by atoms with Crippen LogP contribution in [-0.2, 0) is 0 Å². The lowest BCUT2D eigenvalue weighted by Gasteiger charge is -2.35. The Morgan fingerprint density at radius 1 is 1.56 bits per heavy atom. The van der Waals surface area contributed by atoms with E-state index in [4.69, 9.17) is 17.3 Å². The number of hydrogen-bond acceptors (Lipinski definition) is 2. The molecule has 2 atom stereocenters. The van der Waals surface area contributed by atoms with E-state index in [0.29, 0.717) is 13.1 Å². The number of nitrogens with two attached hydrogens (primary N) is 1.